The summed E-state index contributed by atoms with van der Waals surface area (Å²) in [4.78, 5) is 4.52. The van der Waals surface area contributed by atoms with E-state index in [-0.39, 0.29) is 0 Å². The van der Waals surface area contributed by atoms with Crippen molar-refractivity contribution in [3.05, 3.63) is 23.9 Å². The minimum atomic E-state index is 0.323. The fourth-order valence-corrected chi connectivity index (χ4v) is 3.25. The topological polar surface area (TPSA) is 50.0 Å². The third kappa shape index (κ3) is 5.48. The highest BCUT2D eigenvalue weighted by molar-refractivity contribution is 5.72. The van der Waals surface area contributed by atoms with Crippen LogP contribution in [-0.4, -0.2) is 17.9 Å². The van der Waals surface area contributed by atoms with Gasteiger partial charge in [0.1, 0.15) is 6.54 Å². The quantitative estimate of drug-likeness (QED) is 0.345. The van der Waals surface area contributed by atoms with Crippen molar-refractivity contribution in [2.75, 3.05) is 6.54 Å². The molecule has 0 radical (unpaired) electrons. The summed E-state index contributed by atoms with van der Waals surface area (Å²) < 4.78 is 0.323. The number of unbranched alkanes of at least 4 members (excludes halogenated alkanes) is 9. The van der Waals surface area contributed by atoms with E-state index in [1.165, 1.54) is 57.8 Å². The van der Waals surface area contributed by atoms with Gasteiger partial charge in [-0.25, -0.2) is 4.98 Å². The number of aromatic nitrogens is 1. The monoisotopic (exact) mass is 330 g/mol. The highest BCUT2D eigenvalue weighted by Gasteiger charge is 2.36. The summed E-state index contributed by atoms with van der Waals surface area (Å²) in [7, 11) is 0. The minimum Gasteiger partial charge on any atom is -0.202 e. The second-order valence-electron chi connectivity index (χ2n) is 6.79. The maximum atomic E-state index is 4.52. The first-order chi connectivity index (χ1) is 11.8. The van der Waals surface area contributed by atoms with E-state index < -0.39 is 0 Å². The first kappa shape index (κ1) is 18.7. The fraction of sp³-hybridized carbons (Fsp3) is 0.684. The number of pyridine rings is 1. The van der Waals surface area contributed by atoms with Crippen LogP contribution in [0.4, 0.5) is 5.82 Å². The number of aryl methyl sites for hydroxylation is 1. The maximum absolute atomic E-state index is 4.52. The van der Waals surface area contributed by atoms with E-state index in [4.69, 9.17) is 0 Å². The number of rotatable bonds is 12. The minimum absolute atomic E-state index is 0.323. The standard InChI is InChI=1S/C19H32N5/c1-3-4-5-6-7-8-9-10-11-12-16-24(17-21-22-23-24)19-18(2)14-13-15-20-19/h13-15,17H,3-12,16H2,1-2H3/q+1. The molecular weight excluding hydrogens is 298 g/mol. The molecule has 0 spiro atoms. The van der Waals surface area contributed by atoms with Crippen LogP contribution >= 0.6 is 0 Å². The summed E-state index contributed by atoms with van der Waals surface area (Å²) in [5.74, 6) is 0.943. The molecule has 1 aromatic heterocycles. The Morgan fingerprint density at radius 2 is 1.58 bits per heavy atom. The zero-order valence-electron chi connectivity index (χ0n) is 15.3. The molecule has 132 valence electrons. The Hall–Kier alpha value is -1.62. The summed E-state index contributed by atoms with van der Waals surface area (Å²) in [6, 6.07) is 4.03. The molecule has 2 heterocycles. The first-order valence-corrected chi connectivity index (χ1v) is 9.55. The van der Waals surface area contributed by atoms with E-state index in [0.29, 0.717) is 4.59 Å². The molecule has 1 unspecified atom stereocenters. The molecule has 1 atom stereocenters. The maximum Gasteiger partial charge on any atom is 0.264 e. The molecule has 0 bridgehead atoms. The van der Waals surface area contributed by atoms with Crippen molar-refractivity contribution < 1.29 is 0 Å². The molecule has 5 nitrogen and oxygen atoms in total. The van der Waals surface area contributed by atoms with Gasteiger partial charge in [-0.05, 0) is 31.9 Å². The Morgan fingerprint density at radius 1 is 0.917 bits per heavy atom. The lowest BCUT2D eigenvalue weighted by atomic mass is 10.1. The Morgan fingerprint density at radius 3 is 2.17 bits per heavy atom. The Bertz CT molecular complexity index is 526. The molecule has 0 saturated heterocycles. The molecule has 0 aromatic carbocycles. The fourth-order valence-electron chi connectivity index (χ4n) is 3.25. The van der Waals surface area contributed by atoms with Crippen molar-refractivity contribution in [1.29, 1.82) is 0 Å². The number of hydrogen-bond donors (Lipinski definition) is 0. The van der Waals surface area contributed by atoms with E-state index >= 15 is 0 Å². The van der Waals surface area contributed by atoms with E-state index in [9.17, 15) is 0 Å². The molecule has 0 amide bonds. The lowest BCUT2D eigenvalue weighted by Crippen LogP contribution is -2.42. The molecule has 5 heteroatoms. The molecule has 1 aliphatic heterocycles. The average Bonchev–Trinajstić information content (AvgIpc) is 3.07. The van der Waals surface area contributed by atoms with Crippen LogP contribution in [0.2, 0.25) is 0 Å². The Balaban J connectivity index is 1.68. The summed E-state index contributed by atoms with van der Waals surface area (Å²) in [6.45, 7) is 5.23. The zero-order valence-corrected chi connectivity index (χ0v) is 15.3. The van der Waals surface area contributed by atoms with Gasteiger partial charge in [-0.3, -0.25) is 0 Å². The average molecular weight is 331 g/mol. The van der Waals surface area contributed by atoms with E-state index in [1.807, 2.05) is 18.6 Å². The molecule has 2 rings (SSSR count). The molecule has 1 aromatic rings. The normalized spacial score (nSPS) is 19.2. The van der Waals surface area contributed by atoms with Gasteiger partial charge in [-0.15, -0.1) is 0 Å². The van der Waals surface area contributed by atoms with Crippen LogP contribution in [-0.2, 0) is 0 Å². The molecule has 0 N–H and O–H groups in total. The highest BCUT2D eigenvalue weighted by Crippen LogP contribution is 2.27. The van der Waals surface area contributed by atoms with Gasteiger partial charge < -0.3 is 0 Å². The molecule has 0 fully saturated rings. The predicted molar refractivity (Wildman–Crippen MR) is 101 cm³/mol. The van der Waals surface area contributed by atoms with Crippen molar-refractivity contribution in [2.24, 2.45) is 15.5 Å². The van der Waals surface area contributed by atoms with E-state index in [1.54, 1.807) is 0 Å². The van der Waals surface area contributed by atoms with Gasteiger partial charge in [0, 0.05) is 17.0 Å². The van der Waals surface area contributed by atoms with Crippen LogP contribution in [0.25, 0.3) is 0 Å². The first-order valence-electron chi connectivity index (χ1n) is 9.55. The third-order valence-corrected chi connectivity index (χ3v) is 4.70. The van der Waals surface area contributed by atoms with Crippen LogP contribution in [0.15, 0.2) is 33.9 Å². The lowest BCUT2D eigenvalue weighted by Gasteiger charge is -2.22. The molecule has 0 aliphatic carbocycles. The van der Waals surface area contributed by atoms with Gasteiger partial charge in [0.2, 0.25) is 6.34 Å². The van der Waals surface area contributed by atoms with Gasteiger partial charge in [-0.1, -0.05) is 68.0 Å². The Kier molecular flexibility index (Phi) is 8.02. The number of hydrogen-bond acceptors (Lipinski definition) is 4. The molecular formula is C19H32N5+. The highest BCUT2D eigenvalue weighted by atomic mass is 15.8. The van der Waals surface area contributed by atoms with Crippen LogP contribution in [0, 0.1) is 6.92 Å². The molecule has 1 aliphatic rings. The van der Waals surface area contributed by atoms with Crippen molar-refractivity contribution >= 4 is 12.2 Å². The predicted octanol–water partition coefficient (Wildman–Crippen LogP) is 5.94. The van der Waals surface area contributed by atoms with Gasteiger partial charge in [0.05, 0.1) is 5.22 Å². The summed E-state index contributed by atoms with van der Waals surface area (Å²) in [6.07, 6.45) is 17.0. The molecule has 24 heavy (non-hydrogen) atoms. The van der Waals surface area contributed by atoms with Crippen molar-refractivity contribution in [1.82, 2.24) is 9.58 Å². The largest absolute Gasteiger partial charge is 0.264 e. The van der Waals surface area contributed by atoms with Crippen LogP contribution in [0.5, 0.6) is 0 Å². The second kappa shape index (κ2) is 10.3. The molecule has 0 saturated carbocycles. The van der Waals surface area contributed by atoms with Crippen LogP contribution < -0.4 is 4.59 Å². The van der Waals surface area contributed by atoms with E-state index in [2.05, 4.69) is 40.4 Å². The summed E-state index contributed by atoms with van der Waals surface area (Å²) in [5, 5.41) is 12.2. The van der Waals surface area contributed by atoms with Gasteiger partial charge in [0.15, 0.2) is 0 Å². The van der Waals surface area contributed by atoms with Crippen LogP contribution in [0.3, 0.4) is 0 Å². The third-order valence-electron chi connectivity index (χ3n) is 4.70. The smallest absolute Gasteiger partial charge is 0.202 e. The zero-order chi connectivity index (χ0) is 17.1. The van der Waals surface area contributed by atoms with Crippen LogP contribution in [0.1, 0.15) is 76.7 Å². The number of quaternary nitrogens is 1. The second-order valence-corrected chi connectivity index (χ2v) is 6.79. The summed E-state index contributed by atoms with van der Waals surface area (Å²) >= 11 is 0. The van der Waals surface area contributed by atoms with E-state index in [0.717, 1.165) is 24.3 Å². The van der Waals surface area contributed by atoms with Gasteiger partial charge in [0.25, 0.3) is 5.82 Å². The SMILES string of the molecule is CCCCCCCCCCCC[N+]1(c2ncccc2C)C=NN=N1. The lowest BCUT2D eigenvalue weighted by molar-refractivity contribution is 0.401. The summed E-state index contributed by atoms with van der Waals surface area (Å²) in [5.41, 5.74) is 1.14. The van der Waals surface area contributed by atoms with Crippen molar-refractivity contribution in [3.8, 4) is 0 Å². The van der Waals surface area contributed by atoms with Gasteiger partial charge >= 0.3 is 0 Å². The van der Waals surface area contributed by atoms with Crippen molar-refractivity contribution in [3.63, 3.8) is 0 Å². The Labute approximate surface area is 146 Å². The van der Waals surface area contributed by atoms with Crippen molar-refractivity contribution in [2.45, 2.75) is 78.1 Å². The number of nitrogens with zero attached hydrogens (tertiary/aromatic N) is 5. The van der Waals surface area contributed by atoms with Gasteiger partial charge in [-0.2, -0.15) is 0 Å².